The summed E-state index contributed by atoms with van der Waals surface area (Å²) in [5, 5.41) is 5.73. The molecule has 3 rings (SSSR count). The van der Waals surface area contributed by atoms with Crippen LogP contribution in [0.2, 0.25) is 0 Å². The van der Waals surface area contributed by atoms with E-state index in [2.05, 4.69) is 30.2 Å². The second-order valence-corrected chi connectivity index (χ2v) is 9.91. The SMILES string of the molecule is CC(=O)NCc1ccc(S(=O)(=O)NCCNc2nc(C)cc(N3CCOCC3)n2)s1. The molecular formula is C18H26N6O4S2. The van der Waals surface area contributed by atoms with Crippen LogP contribution in [-0.4, -0.2) is 63.7 Å². The highest BCUT2D eigenvalue weighted by Crippen LogP contribution is 2.21. The Balaban J connectivity index is 1.51. The molecule has 0 radical (unpaired) electrons. The number of hydrogen-bond donors (Lipinski definition) is 3. The van der Waals surface area contributed by atoms with Gasteiger partial charge in [-0.3, -0.25) is 4.79 Å². The van der Waals surface area contributed by atoms with E-state index in [1.54, 1.807) is 6.07 Å². The van der Waals surface area contributed by atoms with Crippen molar-refractivity contribution in [2.45, 2.75) is 24.6 Å². The maximum atomic E-state index is 12.4. The molecule has 1 amide bonds. The number of aromatic nitrogens is 2. The summed E-state index contributed by atoms with van der Waals surface area (Å²) in [5.41, 5.74) is 0.833. The molecule has 2 aromatic rings. The molecule has 0 aliphatic carbocycles. The van der Waals surface area contributed by atoms with Crippen LogP contribution in [0.4, 0.5) is 11.8 Å². The highest BCUT2D eigenvalue weighted by Gasteiger charge is 2.17. The predicted molar refractivity (Wildman–Crippen MR) is 115 cm³/mol. The van der Waals surface area contributed by atoms with Gasteiger partial charge in [-0.05, 0) is 19.1 Å². The van der Waals surface area contributed by atoms with Crippen molar-refractivity contribution in [2.75, 3.05) is 49.6 Å². The summed E-state index contributed by atoms with van der Waals surface area (Å²) in [6.45, 7) is 7.05. The van der Waals surface area contributed by atoms with E-state index in [-0.39, 0.29) is 16.7 Å². The zero-order valence-corrected chi connectivity index (χ0v) is 18.6. The Labute approximate surface area is 180 Å². The third-order valence-corrected chi connectivity index (χ3v) is 7.33. The van der Waals surface area contributed by atoms with E-state index in [9.17, 15) is 13.2 Å². The van der Waals surface area contributed by atoms with Gasteiger partial charge in [-0.1, -0.05) is 0 Å². The van der Waals surface area contributed by atoms with Gasteiger partial charge in [-0.2, -0.15) is 4.98 Å². The van der Waals surface area contributed by atoms with Crippen molar-refractivity contribution >= 4 is 39.0 Å². The van der Waals surface area contributed by atoms with E-state index in [0.29, 0.717) is 32.3 Å². The van der Waals surface area contributed by atoms with Gasteiger partial charge >= 0.3 is 0 Å². The molecule has 1 fully saturated rings. The van der Waals surface area contributed by atoms with E-state index in [1.807, 2.05) is 13.0 Å². The first-order valence-electron chi connectivity index (χ1n) is 9.58. The molecule has 10 nitrogen and oxygen atoms in total. The lowest BCUT2D eigenvalue weighted by molar-refractivity contribution is -0.119. The van der Waals surface area contributed by atoms with Crippen LogP contribution in [0, 0.1) is 6.92 Å². The van der Waals surface area contributed by atoms with Crippen LogP contribution in [0.25, 0.3) is 0 Å². The summed E-state index contributed by atoms with van der Waals surface area (Å²) in [5.74, 6) is 1.13. The van der Waals surface area contributed by atoms with E-state index >= 15 is 0 Å². The van der Waals surface area contributed by atoms with Crippen molar-refractivity contribution < 1.29 is 17.9 Å². The summed E-state index contributed by atoms with van der Waals surface area (Å²) < 4.78 is 33.0. The monoisotopic (exact) mass is 454 g/mol. The zero-order chi connectivity index (χ0) is 21.6. The van der Waals surface area contributed by atoms with Crippen LogP contribution in [0.5, 0.6) is 0 Å². The van der Waals surface area contributed by atoms with Gasteiger partial charge in [0, 0.05) is 49.7 Å². The second kappa shape index (κ2) is 10.2. The first kappa shape index (κ1) is 22.4. The molecule has 30 heavy (non-hydrogen) atoms. The number of nitrogens with one attached hydrogen (secondary N) is 3. The number of aryl methyl sites for hydroxylation is 1. The van der Waals surface area contributed by atoms with Crippen LogP contribution < -0.4 is 20.3 Å². The molecule has 0 aromatic carbocycles. The first-order valence-corrected chi connectivity index (χ1v) is 11.9. The average Bonchev–Trinajstić information content (AvgIpc) is 3.20. The van der Waals surface area contributed by atoms with Crippen molar-refractivity contribution in [3.8, 4) is 0 Å². The minimum absolute atomic E-state index is 0.160. The quantitative estimate of drug-likeness (QED) is 0.473. The zero-order valence-electron chi connectivity index (χ0n) is 17.0. The molecule has 0 atom stereocenters. The normalized spacial score (nSPS) is 14.5. The molecule has 0 bridgehead atoms. The Morgan fingerprint density at radius 3 is 2.73 bits per heavy atom. The van der Waals surface area contributed by atoms with E-state index in [0.717, 1.165) is 40.8 Å². The van der Waals surface area contributed by atoms with Crippen molar-refractivity contribution in [1.82, 2.24) is 20.0 Å². The number of carbonyl (C=O) groups is 1. The Kier molecular flexibility index (Phi) is 7.58. The number of morpholine rings is 1. The highest BCUT2D eigenvalue weighted by atomic mass is 32.2. The lowest BCUT2D eigenvalue weighted by atomic mass is 10.3. The van der Waals surface area contributed by atoms with Gasteiger partial charge in [0.05, 0.1) is 19.8 Å². The van der Waals surface area contributed by atoms with Gasteiger partial charge in [-0.25, -0.2) is 18.1 Å². The van der Waals surface area contributed by atoms with Gasteiger partial charge < -0.3 is 20.3 Å². The predicted octanol–water partition coefficient (Wildman–Crippen LogP) is 0.710. The maximum Gasteiger partial charge on any atom is 0.250 e. The lowest BCUT2D eigenvalue weighted by Crippen LogP contribution is -2.37. The van der Waals surface area contributed by atoms with Crippen molar-refractivity contribution in [3.05, 3.63) is 28.8 Å². The number of rotatable bonds is 9. The maximum absolute atomic E-state index is 12.4. The molecule has 3 heterocycles. The number of amides is 1. The van der Waals surface area contributed by atoms with Crippen LogP contribution in [0.15, 0.2) is 22.4 Å². The van der Waals surface area contributed by atoms with Gasteiger partial charge in [0.1, 0.15) is 10.0 Å². The van der Waals surface area contributed by atoms with Crippen molar-refractivity contribution in [1.29, 1.82) is 0 Å². The molecule has 3 N–H and O–H groups in total. The number of nitrogens with zero attached hydrogens (tertiary/aromatic N) is 3. The third-order valence-electron chi connectivity index (χ3n) is 4.29. The molecule has 2 aromatic heterocycles. The Hall–Kier alpha value is -2.28. The van der Waals surface area contributed by atoms with Crippen LogP contribution >= 0.6 is 11.3 Å². The summed E-state index contributed by atoms with van der Waals surface area (Å²) in [7, 11) is -3.61. The van der Waals surface area contributed by atoms with E-state index in [4.69, 9.17) is 4.74 Å². The fraction of sp³-hybridized carbons (Fsp3) is 0.500. The topological polar surface area (TPSA) is 126 Å². The summed E-state index contributed by atoms with van der Waals surface area (Å²) in [4.78, 5) is 22.8. The summed E-state index contributed by atoms with van der Waals surface area (Å²) >= 11 is 1.13. The average molecular weight is 455 g/mol. The van der Waals surface area contributed by atoms with Crippen molar-refractivity contribution in [2.24, 2.45) is 0 Å². The highest BCUT2D eigenvalue weighted by molar-refractivity contribution is 7.91. The van der Waals surface area contributed by atoms with Gasteiger partial charge in [0.2, 0.25) is 21.9 Å². The molecule has 0 spiro atoms. The fourth-order valence-corrected chi connectivity index (χ4v) is 5.20. The Morgan fingerprint density at radius 2 is 2.00 bits per heavy atom. The lowest BCUT2D eigenvalue weighted by Gasteiger charge is -2.28. The smallest absolute Gasteiger partial charge is 0.250 e. The van der Waals surface area contributed by atoms with Crippen LogP contribution in [-0.2, 0) is 26.1 Å². The Bertz CT molecular complexity index is 973. The summed E-state index contributed by atoms with van der Waals surface area (Å²) in [6, 6.07) is 5.16. The van der Waals surface area contributed by atoms with E-state index in [1.165, 1.54) is 13.0 Å². The molecule has 0 saturated carbocycles. The van der Waals surface area contributed by atoms with Gasteiger partial charge in [0.25, 0.3) is 0 Å². The minimum atomic E-state index is -3.61. The number of sulfonamides is 1. The molecule has 0 unspecified atom stereocenters. The van der Waals surface area contributed by atoms with E-state index < -0.39 is 10.0 Å². The molecule has 1 saturated heterocycles. The number of hydrogen-bond acceptors (Lipinski definition) is 9. The molecule has 1 aliphatic rings. The number of carbonyl (C=O) groups excluding carboxylic acids is 1. The fourth-order valence-electron chi connectivity index (χ4n) is 2.83. The van der Waals surface area contributed by atoms with Gasteiger partial charge in [0.15, 0.2) is 0 Å². The number of ether oxygens (including phenoxy) is 1. The molecule has 164 valence electrons. The molecule has 1 aliphatic heterocycles. The Morgan fingerprint density at radius 1 is 1.23 bits per heavy atom. The minimum Gasteiger partial charge on any atom is -0.378 e. The first-order chi connectivity index (χ1) is 14.3. The molecular weight excluding hydrogens is 428 g/mol. The van der Waals surface area contributed by atoms with Crippen LogP contribution in [0.3, 0.4) is 0 Å². The second-order valence-electron chi connectivity index (χ2n) is 6.75. The molecule has 12 heteroatoms. The van der Waals surface area contributed by atoms with Gasteiger partial charge in [-0.15, -0.1) is 11.3 Å². The number of anilines is 2. The summed E-state index contributed by atoms with van der Waals surface area (Å²) in [6.07, 6.45) is 0. The standard InChI is InChI=1S/C18H26N6O4S2/c1-13-11-16(24-7-9-28-10-8-24)23-18(22-13)19-5-6-21-30(26,27)17-4-3-15(29-17)12-20-14(2)25/h3-4,11,21H,5-10,12H2,1-2H3,(H,20,25)(H,19,22,23). The number of thiophene rings is 1. The van der Waals surface area contributed by atoms with Crippen LogP contribution in [0.1, 0.15) is 17.5 Å². The third kappa shape index (κ3) is 6.36. The largest absolute Gasteiger partial charge is 0.378 e. The van der Waals surface area contributed by atoms with Crippen molar-refractivity contribution in [3.63, 3.8) is 0 Å².